The minimum absolute atomic E-state index is 0.191. The van der Waals surface area contributed by atoms with Crippen LogP contribution in [-0.4, -0.2) is 36.0 Å². The summed E-state index contributed by atoms with van der Waals surface area (Å²) in [6.07, 6.45) is 2.75. The summed E-state index contributed by atoms with van der Waals surface area (Å²) in [7, 11) is 0. The fourth-order valence-corrected chi connectivity index (χ4v) is 3.01. The molecule has 0 aromatic heterocycles. The lowest BCUT2D eigenvalue weighted by atomic mass is 10.1. The number of hydrogen-bond acceptors (Lipinski definition) is 3. The van der Waals surface area contributed by atoms with Gasteiger partial charge in [0.2, 0.25) is 0 Å². The third-order valence-corrected chi connectivity index (χ3v) is 4.45. The van der Waals surface area contributed by atoms with Crippen LogP contribution in [0.25, 0.3) is 0 Å². The van der Waals surface area contributed by atoms with Crippen LogP contribution in [0.4, 0.5) is 8.78 Å². The van der Waals surface area contributed by atoms with Crippen molar-refractivity contribution in [2.75, 3.05) is 13.2 Å². The van der Waals surface area contributed by atoms with Crippen LogP contribution >= 0.6 is 0 Å². The van der Waals surface area contributed by atoms with Crippen molar-refractivity contribution >= 4 is 11.9 Å². The summed E-state index contributed by atoms with van der Waals surface area (Å²) in [4.78, 5) is 26.1. The van der Waals surface area contributed by atoms with E-state index in [1.54, 1.807) is 0 Å². The number of hydrogen-bond donors (Lipinski definition) is 0. The molecular formula is C19H25F2NO3. The van der Waals surface area contributed by atoms with Gasteiger partial charge >= 0.3 is 5.97 Å². The van der Waals surface area contributed by atoms with E-state index in [2.05, 4.69) is 13.8 Å². The summed E-state index contributed by atoms with van der Waals surface area (Å²) < 4.78 is 33.5. The van der Waals surface area contributed by atoms with Gasteiger partial charge in [-0.3, -0.25) is 4.79 Å². The maximum absolute atomic E-state index is 14.2. The second-order valence-electron chi connectivity index (χ2n) is 6.91. The summed E-state index contributed by atoms with van der Waals surface area (Å²) >= 11 is 0. The molecule has 2 rings (SSSR count). The summed E-state index contributed by atoms with van der Waals surface area (Å²) in [5, 5.41) is 0. The molecule has 4 nitrogen and oxygen atoms in total. The molecule has 1 aromatic rings. The van der Waals surface area contributed by atoms with Crippen LogP contribution in [0, 0.1) is 24.5 Å². The number of halogens is 2. The average molecular weight is 353 g/mol. The molecule has 138 valence electrons. The van der Waals surface area contributed by atoms with E-state index in [9.17, 15) is 18.4 Å². The molecule has 1 fully saturated rings. The van der Waals surface area contributed by atoms with E-state index in [1.807, 2.05) is 0 Å². The molecule has 0 saturated carbocycles. The molecule has 0 aliphatic carbocycles. The van der Waals surface area contributed by atoms with Gasteiger partial charge in [-0.15, -0.1) is 0 Å². The molecule has 25 heavy (non-hydrogen) atoms. The molecule has 1 amide bonds. The Labute approximate surface area is 147 Å². The minimum atomic E-state index is -0.913. The van der Waals surface area contributed by atoms with E-state index in [4.69, 9.17) is 4.74 Å². The van der Waals surface area contributed by atoms with Crippen molar-refractivity contribution in [1.29, 1.82) is 0 Å². The zero-order chi connectivity index (χ0) is 18.6. The van der Waals surface area contributed by atoms with Gasteiger partial charge in [-0.25, -0.2) is 13.6 Å². The molecule has 1 unspecified atom stereocenters. The van der Waals surface area contributed by atoms with Crippen molar-refractivity contribution in [2.45, 2.75) is 52.5 Å². The first-order valence-electron chi connectivity index (χ1n) is 8.75. The first kappa shape index (κ1) is 19.3. The molecule has 0 N–H and O–H groups in total. The Bertz CT molecular complexity index is 646. The molecule has 6 heteroatoms. The Morgan fingerprint density at radius 1 is 1.32 bits per heavy atom. The monoisotopic (exact) mass is 353 g/mol. The smallest absolute Gasteiger partial charge is 0.328 e. The Hall–Kier alpha value is -1.98. The number of amides is 1. The second kappa shape index (κ2) is 8.41. The summed E-state index contributed by atoms with van der Waals surface area (Å²) in [6.45, 7) is 6.23. The Kier molecular flexibility index (Phi) is 6.51. The molecule has 1 aliphatic heterocycles. The standard InChI is InChI=1S/C19H25F2NO3/c1-12(2)6-5-11-25-19(24)15-7-4-10-22(15)18(23)16-14(20)9-8-13(3)17(16)21/h8-9,12,15H,4-7,10-11H2,1-3H3. The summed E-state index contributed by atoms with van der Waals surface area (Å²) in [5.41, 5.74) is -0.406. The molecule has 1 saturated heterocycles. The number of ether oxygens (including phenoxy) is 1. The second-order valence-corrected chi connectivity index (χ2v) is 6.91. The van der Waals surface area contributed by atoms with Crippen molar-refractivity contribution in [2.24, 2.45) is 5.92 Å². The third-order valence-electron chi connectivity index (χ3n) is 4.45. The van der Waals surface area contributed by atoms with Crippen molar-refractivity contribution in [1.82, 2.24) is 4.90 Å². The Morgan fingerprint density at radius 2 is 2.04 bits per heavy atom. The van der Waals surface area contributed by atoms with Crippen LogP contribution in [0.3, 0.4) is 0 Å². The van der Waals surface area contributed by atoms with Crippen LogP contribution < -0.4 is 0 Å². The fraction of sp³-hybridized carbons (Fsp3) is 0.579. The predicted molar refractivity (Wildman–Crippen MR) is 90.2 cm³/mol. The van der Waals surface area contributed by atoms with Crippen molar-refractivity contribution in [3.63, 3.8) is 0 Å². The van der Waals surface area contributed by atoms with Gasteiger partial charge in [-0.05, 0) is 50.2 Å². The number of esters is 1. The third kappa shape index (κ3) is 4.55. The number of nitrogens with zero attached hydrogens (tertiary/aromatic N) is 1. The first-order valence-corrected chi connectivity index (χ1v) is 8.75. The number of carbonyl (C=O) groups excluding carboxylic acids is 2. The lowest BCUT2D eigenvalue weighted by molar-refractivity contribution is -0.148. The van der Waals surface area contributed by atoms with E-state index in [0.29, 0.717) is 25.4 Å². The van der Waals surface area contributed by atoms with Crippen LogP contribution in [0.1, 0.15) is 55.5 Å². The molecule has 1 aliphatic rings. The van der Waals surface area contributed by atoms with Gasteiger partial charge in [-0.2, -0.15) is 0 Å². The van der Waals surface area contributed by atoms with Gasteiger partial charge in [0, 0.05) is 6.54 Å². The number of likely N-dealkylation sites (tertiary alicyclic amines) is 1. The lowest BCUT2D eigenvalue weighted by Crippen LogP contribution is -2.42. The normalized spacial score (nSPS) is 17.2. The number of carbonyl (C=O) groups is 2. The molecule has 1 heterocycles. The number of rotatable bonds is 6. The van der Waals surface area contributed by atoms with Gasteiger partial charge in [0.25, 0.3) is 5.91 Å². The topological polar surface area (TPSA) is 46.6 Å². The van der Waals surface area contributed by atoms with E-state index in [1.165, 1.54) is 17.9 Å². The van der Waals surface area contributed by atoms with E-state index in [0.717, 1.165) is 18.9 Å². The average Bonchev–Trinajstić information content (AvgIpc) is 3.04. The molecule has 0 bridgehead atoms. The van der Waals surface area contributed by atoms with Crippen LogP contribution in [0.2, 0.25) is 0 Å². The molecule has 1 aromatic carbocycles. The molecule has 0 spiro atoms. The number of benzene rings is 1. The number of aryl methyl sites for hydroxylation is 1. The van der Waals surface area contributed by atoms with Gasteiger partial charge < -0.3 is 9.64 Å². The van der Waals surface area contributed by atoms with Gasteiger partial charge in [0.05, 0.1) is 6.61 Å². The van der Waals surface area contributed by atoms with E-state index >= 15 is 0 Å². The fourth-order valence-electron chi connectivity index (χ4n) is 3.01. The largest absolute Gasteiger partial charge is 0.464 e. The van der Waals surface area contributed by atoms with Gasteiger partial charge in [-0.1, -0.05) is 19.9 Å². The van der Waals surface area contributed by atoms with Crippen LogP contribution in [0.15, 0.2) is 12.1 Å². The molecule has 1 atom stereocenters. The molecule has 0 radical (unpaired) electrons. The highest BCUT2D eigenvalue weighted by Crippen LogP contribution is 2.25. The SMILES string of the molecule is Cc1ccc(F)c(C(=O)N2CCCC2C(=O)OCCCC(C)C)c1F. The summed E-state index contributed by atoms with van der Waals surface area (Å²) in [6, 6.07) is 1.58. The Balaban J connectivity index is 2.07. The maximum atomic E-state index is 14.2. The lowest BCUT2D eigenvalue weighted by Gasteiger charge is -2.24. The summed E-state index contributed by atoms with van der Waals surface area (Å²) in [5.74, 6) is -2.55. The minimum Gasteiger partial charge on any atom is -0.464 e. The zero-order valence-electron chi connectivity index (χ0n) is 15.0. The van der Waals surface area contributed by atoms with Crippen LogP contribution in [-0.2, 0) is 9.53 Å². The Morgan fingerprint density at radius 3 is 2.72 bits per heavy atom. The maximum Gasteiger partial charge on any atom is 0.328 e. The van der Waals surface area contributed by atoms with Crippen molar-refractivity contribution < 1.29 is 23.1 Å². The van der Waals surface area contributed by atoms with Crippen molar-refractivity contribution in [3.05, 3.63) is 34.9 Å². The first-order chi connectivity index (χ1) is 11.8. The highest BCUT2D eigenvalue weighted by Gasteiger charge is 2.37. The van der Waals surface area contributed by atoms with Crippen molar-refractivity contribution in [3.8, 4) is 0 Å². The van der Waals surface area contributed by atoms with E-state index in [-0.39, 0.29) is 12.1 Å². The van der Waals surface area contributed by atoms with Crippen LogP contribution in [0.5, 0.6) is 0 Å². The van der Waals surface area contributed by atoms with Gasteiger partial charge in [0.1, 0.15) is 23.2 Å². The van der Waals surface area contributed by atoms with Gasteiger partial charge in [0.15, 0.2) is 0 Å². The quantitative estimate of drug-likeness (QED) is 0.576. The van der Waals surface area contributed by atoms with E-state index < -0.39 is 35.1 Å². The molecular weight excluding hydrogens is 328 g/mol. The highest BCUT2D eigenvalue weighted by atomic mass is 19.1. The highest BCUT2D eigenvalue weighted by molar-refractivity contribution is 5.97. The zero-order valence-corrected chi connectivity index (χ0v) is 15.0. The predicted octanol–water partition coefficient (Wildman–Crippen LogP) is 3.86.